The van der Waals surface area contributed by atoms with Crippen LogP contribution in [0, 0.1) is 10.1 Å². The highest BCUT2D eigenvalue weighted by molar-refractivity contribution is 9.10. The molecule has 0 spiro atoms. The molecule has 0 unspecified atom stereocenters. The van der Waals surface area contributed by atoms with Gasteiger partial charge < -0.3 is 9.47 Å². The number of carbonyl (C=O) groups excluding carboxylic acids is 2. The summed E-state index contributed by atoms with van der Waals surface area (Å²) in [7, 11) is 0. The van der Waals surface area contributed by atoms with E-state index in [0.29, 0.717) is 11.5 Å². The quantitative estimate of drug-likeness (QED) is 0.594. The summed E-state index contributed by atoms with van der Waals surface area (Å²) in [5, 5.41) is 10.9. The minimum absolute atomic E-state index is 0.0286. The lowest BCUT2D eigenvalue weighted by Gasteiger charge is -2.08. The number of nitrogens with one attached hydrogen (secondary N) is 2. The number of hydrogen-bond acceptors (Lipinski definition) is 6. The van der Waals surface area contributed by atoms with Gasteiger partial charge in [0.25, 0.3) is 17.5 Å². The average molecular weight is 408 g/mol. The summed E-state index contributed by atoms with van der Waals surface area (Å²) in [5.41, 5.74) is 4.47. The lowest BCUT2D eigenvalue weighted by molar-refractivity contribution is -0.385. The van der Waals surface area contributed by atoms with Crippen LogP contribution in [0.1, 0.15) is 20.7 Å². The molecule has 1 aliphatic heterocycles. The van der Waals surface area contributed by atoms with E-state index in [2.05, 4.69) is 26.8 Å². The minimum atomic E-state index is -0.690. The van der Waals surface area contributed by atoms with E-state index in [1.807, 2.05) is 0 Å². The zero-order valence-corrected chi connectivity index (χ0v) is 14.0. The third-order valence-corrected chi connectivity index (χ3v) is 4.00. The molecule has 10 heteroatoms. The topological polar surface area (TPSA) is 120 Å². The van der Waals surface area contributed by atoms with Crippen molar-refractivity contribution in [2.45, 2.75) is 0 Å². The zero-order valence-electron chi connectivity index (χ0n) is 12.4. The first-order valence-corrected chi connectivity index (χ1v) is 7.69. The number of amides is 2. The van der Waals surface area contributed by atoms with Crippen molar-refractivity contribution in [1.82, 2.24) is 10.9 Å². The van der Waals surface area contributed by atoms with Crippen molar-refractivity contribution in [3.05, 3.63) is 62.1 Å². The summed E-state index contributed by atoms with van der Waals surface area (Å²) >= 11 is 3.03. The average Bonchev–Trinajstić information content (AvgIpc) is 3.07. The Balaban J connectivity index is 1.67. The number of ether oxygens (including phenoxy) is 2. The smallest absolute Gasteiger partial charge is 0.284 e. The number of benzene rings is 2. The number of halogens is 1. The molecule has 9 nitrogen and oxygen atoms in total. The molecule has 128 valence electrons. The van der Waals surface area contributed by atoms with Crippen molar-refractivity contribution in [3.8, 4) is 11.5 Å². The lowest BCUT2D eigenvalue weighted by Crippen LogP contribution is -2.41. The van der Waals surface area contributed by atoms with Gasteiger partial charge in [0.05, 0.1) is 9.40 Å². The van der Waals surface area contributed by atoms with Crippen LogP contribution in [-0.2, 0) is 0 Å². The Morgan fingerprint density at radius 3 is 2.28 bits per heavy atom. The van der Waals surface area contributed by atoms with Gasteiger partial charge in [-0.15, -0.1) is 0 Å². The first kappa shape index (κ1) is 16.7. The molecule has 3 rings (SSSR count). The largest absolute Gasteiger partial charge is 0.454 e. The fourth-order valence-corrected chi connectivity index (χ4v) is 2.48. The molecule has 1 aliphatic rings. The van der Waals surface area contributed by atoms with Crippen LogP contribution in [0.3, 0.4) is 0 Å². The Morgan fingerprint density at radius 1 is 1.00 bits per heavy atom. The molecule has 2 amide bonds. The Hall–Kier alpha value is -3.14. The van der Waals surface area contributed by atoms with Crippen LogP contribution >= 0.6 is 15.9 Å². The molecule has 0 saturated heterocycles. The van der Waals surface area contributed by atoms with Crippen molar-refractivity contribution in [1.29, 1.82) is 0 Å². The van der Waals surface area contributed by atoms with Crippen molar-refractivity contribution in [2.75, 3.05) is 6.79 Å². The van der Waals surface area contributed by atoms with Crippen LogP contribution in [0.4, 0.5) is 5.69 Å². The van der Waals surface area contributed by atoms with Gasteiger partial charge in [-0.2, -0.15) is 0 Å². The van der Waals surface area contributed by atoms with Gasteiger partial charge in [-0.25, -0.2) is 0 Å². The highest BCUT2D eigenvalue weighted by Gasteiger charge is 2.18. The Bertz CT molecular complexity index is 886. The molecule has 0 aliphatic carbocycles. The van der Waals surface area contributed by atoms with E-state index in [1.165, 1.54) is 24.3 Å². The lowest BCUT2D eigenvalue weighted by atomic mass is 10.2. The molecule has 0 atom stereocenters. The molecule has 25 heavy (non-hydrogen) atoms. The number of nitro groups is 1. The van der Waals surface area contributed by atoms with Crippen LogP contribution in [0.25, 0.3) is 0 Å². The summed E-state index contributed by atoms with van der Waals surface area (Å²) in [6.45, 7) is 0.0828. The molecular formula is C15H10BrN3O6. The van der Waals surface area contributed by atoms with E-state index < -0.39 is 16.7 Å². The zero-order chi connectivity index (χ0) is 18.0. The minimum Gasteiger partial charge on any atom is -0.454 e. The van der Waals surface area contributed by atoms with E-state index >= 15 is 0 Å². The monoisotopic (exact) mass is 407 g/mol. The standard InChI is InChI=1S/C15H10BrN3O6/c16-10-3-1-8(5-11(10)19(22)23)14(20)17-18-15(21)9-2-4-12-13(6-9)25-7-24-12/h1-6H,7H2,(H,17,20)(H,18,21). The highest BCUT2D eigenvalue weighted by Crippen LogP contribution is 2.32. The van der Waals surface area contributed by atoms with Gasteiger partial charge in [0.1, 0.15) is 0 Å². The predicted molar refractivity (Wildman–Crippen MR) is 88.3 cm³/mol. The summed E-state index contributed by atoms with van der Waals surface area (Å²) in [4.78, 5) is 34.4. The second-order valence-electron chi connectivity index (χ2n) is 4.90. The van der Waals surface area contributed by atoms with Crippen molar-refractivity contribution < 1.29 is 24.0 Å². The molecule has 0 aromatic heterocycles. The Morgan fingerprint density at radius 2 is 1.60 bits per heavy atom. The SMILES string of the molecule is O=C(NNC(=O)c1ccc(Br)c([N+](=O)[O-])c1)c1ccc2c(c1)OCO2. The third-order valence-electron chi connectivity index (χ3n) is 3.33. The molecule has 0 fully saturated rings. The van der Waals surface area contributed by atoms with Crippen LogP contribution in [-0.4, -0.2) is 23.5 Å². The summed E-state index contributed by atoms with van der Waals surface area (Å²) in [6.07, 6.45) is 0. The highest BCUT2D eigenvalue weighted by atomic mass is 79.9. The van der Waals surface area contributed by atoms with Gasteiger partial charge in [-0.1, -0.05) is 0 Å². The maximum Gasteiger partial charge on any atom is 0.284 e. The molecule has 2 N–H and O–H groups in total. The van der Waals surface area contributed by atoms with Crippen molar-refractivity contribution in [2.24, 2.45) is 0 Å². The van der Waals surface area contributed by atoms with Crippen LogP contribution < -0.4 is 20.3 Å². The van der Waals surface area contributed by atoms with E-state index in [0.717, 1.165) is 6.07 Å². The molecule has 1 heterocycles. The van der Waals surface area contributed by atoms with Gasteiger partial charge in [-0.3, -0.25) is 30.6 Å². The summed E-state index contributed by atoms with van der Waals surface area (Å²) in [6, 6.07) is 8.45. The maximum atomic E-state index is 12.1. The van der Waals surface area contributed by atoms with E-state index in [1.54, 1.807) is 6.07 Å². The number of fused-ring (bicyclic) bond motifs is 1. The number of nitrogens with zero attached hydrogens (tertiary/aromatic N) is 1. The molecule has 2 aromatic carbocycles. The third kappa shape index (κ3) is 3.53. The number of hydrazine groups is 1. The van der Waals surface area contributed by atoms with Crippen LogP contribution in [0.15, 0.2) is 40.9 Å². The second kappa shape index (κ2) is 6.77. The summed E-state index contributed by atoms with van der Waals surface area (Å²) in [5.74, 6) is -0.298. The first-order chi connectivity index (χ1) is 12.0. The fourth-order valence-electron chi connectivity index (χ4n) is 2.09. The maximum absolute atomic E-state index is 12.1. The van der Waals surface area contributed by atoms with Gasteiger partial charge in [0.2, 0.25) is 6.79 Å². The fraction of sp³-hybridized carbons (Fsp3) is 0.0667. The van der Waals surface area contributed by atoms with Crippen LogP contribution in [0.5, 0.6) is 11.5 Å². The number of rotatable bonds is 3. The number of carbonyl (C=O) groups is 2. The van der Waals surface area contributed by atoms with E-state index in [-0.39, 0.29) is 28.1 Å². The molecule has 2 aromatic rings. The normalized spacial score (nSPS) is 11.7. The van der Waals surface area contributed by atoms with Gasteiger partial charge >= 0.3 is 0 Å². The molecule has 0 radical (unpaired) electrons. The van der Waals surface area contributed by atoms with Gasteiger partial charge in [0, 0.05) is 17.2 Å². The van der Waals surface area contributed by atoms with Gasteiger partial charge in [0.15, 0.2) is 11.5 Å². The van der Waals surface area contributed by atoms with Crippen molar-refractivity contribution >= 4 is 33.4 Å². The van der Waals surface area contributed by atoms with Crippen molar-refractivity contribution in [3.63, 3.8) is 0 Å². The molecule has 0 saturated carbocycles. The predicted octanol–water partition coefficient (Wildman–Crippen LogP) is 2.16. The first-order valence-electron chi connectivity index (χ1n) is 6.90. The molecular weight excluding hydrogens is 398 g/mol. The van der Waals surface area contributed by atoms with Gasteiger partial charge in [-0.05, 0) is 46.3 Å². The Labute approximate surface area is 149 Å². The van der Waals surface area contributed by atoms with E-state index in [9.17, 15) is 19.7 Å². The number of nitro benzene ring substituents is 1. The molecule has 0 bridgehead atoms. The van der Waals surface area contributed by atoms with E-state index in [4.69, 9.17) is 9.47 Å². The number of hydrogen-bond donors (Lipinski definition) is 2. The second-order valence-corrected chi connectivity index (χ2v) is 5.75. The van der Waals surface area contributed by atoms with Crippen LogP contribution in [0.2, 0.25) is 0 Å². The Kier molecular flexibility index (Phi) is 4.52. The summed E-state index contributed by atoms with van der Waals surface area (Å²) < 4.78 is 10.6.